The van der Waals surface area contributed by atoms with Crippen LogP contribution in [0.2, 0.25) is 0 Å². The molecule has 36 heavy (non-hydrogen) atoms. The van der Waals surface area contributed by atoms with Crippen molar-refractivity contribution in [2.75, 3.05) is 0 Å². The first-order chi connectivity index (χ1) is 17.7. The third kappa shape index (κ3) is 4.01. The first-order valence-corrected chi connectivity index (χ1v) is 11.8. The van der Waals surface area contributed by atoms with Crippen LogP contribution in [0.5, 0.6) is 5.75 Å². The molecule has 0 aliphatic heterocycles. The van der Waals surface area contributed by atoms with Gasteiger partial charge in [-0.25, -0.2) is 0 Å². The standard InChI is InChI=1S/C31H24N2O3/c32-31(34)26-8-4-9-27-30(26)25-16-13-23(29-10-5-17-35-29)18-28(25)33(27)19-21-11-14-24(15-12-21)36-20-22-6-2-1-3-7-22/h1-18H,19-20H2,(H2,32,34). The summed E-state index contributed by atoms with van der Waals surface area (Å²) in [6, 6.07) is 33.9. The maximum absolute atomic E-state index is 12.3. The fourth-order valence-corrected chi connectivity index (χ4v) is 4.73. The van der Waals surface area contributed by atoms with Crippen molar-refractivity contribution in [2.45, 2.75) is 13.2 Å². The van der Waals surface area contributed by atoms with Crippen LogP contribution in [-0.2, 0) is 13.2 Å². The van der Waals surface area contributed by atoms with Crippen molar-refractivity contribution in [1.82, 2.24) is 4.57 Å². The van der Waals surface area contributed by atoms with Crippen LogP contribution in [0.4, 0.5) is 0 Å². The Hall–Kier alpha value is -4.77. The van der Waals surface area contributed by atoms with E-state index in [0.29, 0.717) is 18.7 Å². The predicted octanol–water partition coefficient (Wildman–Crippen LogP) is 6.78. The topological polar surface area (TPSA) is 70.4 Å². The Morgan fingerprint density at radius 1 is 0.806 bits per heavy atom. The molecule has 2 aromatic heterocycles. The number of furan rings is 1. The summed E-state index contributed by atoms with van der Waals surface area (Å²) in [6.45, 7) is 1.15. The van der Waals surface area contributed by atoms with Crippen molar-refractivity contribution >= 4 is 27.7 Å². The molecule has 4 aromatic carbocycles. The second kappa shape index (κ2) is 9.12. The molecule has 0 spiro atoms. The van der Waals surface area contributed by atoms with E-state index in [0.717, 1.165) is 50.0 Å². The lowest BCUT2D eigenvalue weighted by Crippen LogP contribution is -2.11. The van der Waals surface area contributed by atoms with Crippen molar-refractivity contribution in [3.05, 3.63) is 126 Å². The van der Waals surface area contributed by atoms with Crippen molar-refractivity contribution in [1.29, 1.82) is 0 Å². The summed E-state index contributed by atoms with van der Waals surface area (Å²) < 4.78 is 13.8. The van der Waals surface area contributed by atoms with Gasteiger partial charge in [-0.1, -0.05) is 60.7 Å². The van der Waals surface area contributed by atoms with E-state index in [2.05, 4.69) is 22.8 Å². The Kier molecular flexibility index (Phi) is 5.51. The third-order valence-corrected chi connectivity index (χ3v) is 6.47. The van der Waals surface area contributed by atoms with Gasteiger partial charge in [0.05, 0.1) is 17.3 Å². The minimum Gasteiger partial charge on any atom is -0.489 e. The molecule has 176 valence electrons. The number of hydrogen-bond donors (Lipinski definition) is 1. The highest BCUT2D eigenvalue weighted by Gasteiger charge is 2.17. The highest BCUT2D eigenvalue weighted by atomic mass is 16.5. The van der Waals surface area contributed by atoms with E-state index in [1.807, 2.05) is 78.9 Å². The van der Waals surface area contributed by atoms with E-state index in [9.17, 15) is 4.79 Å². The van der Waals surface area contributed by atoms with Crippen LogP contribution >= 0.6 is 0 Å². The Labute approximate surface area is 208 Å². The average molecular weight is 473 g/mol. The third-order valence-electron chi connectivity index (χ3n) is 6.47. The van der Waals surface area contributed by atoms with E-state index in [1.165, 1.54) is 0 Å². The molecule has 0 unspecified atom stereocenters. The van der Waals surface area contributed by atoms with Crippen molar-refractivity contribution in [3.8, 4) is 17.1 Å². The number of rotatable bonds is 7. The van der Waals surface area contributed by atoms with Crippen LogP contribution in [-0.4, -0.2) is 10.5 Å². The molecule has 0 atom stereocenters. The van der Waals surface area contributed by atoms with Gasteiger partial charge in [-0.05, 0) is 53.6 Å². The summed E-state index contributed by atoms with van der Waals surface area (Å²) in [7, 11) is 0. The molecular weight excluding hydrogens is 448 g/mol. The number of benzene rings is 4. The van der Waals surface area contributed by atoms with E-state index in [1.54, 1.807) is 12.3 Å². The van der Waals surface area contributed by atoms with Gasteiger partial charge in [-0.2, -0.15) is 0 Å². The van der Waals surface area contributed by atoms with Crippen LogP contribution in [0.3, 0.4) is 0 Å². The molecule has 6 aromatic rings. The molecule has 0 aliphatic carbocycles. The van der Waals surface area contributed by atoms with E-state index < -0.39 is 5.91 Å². The molecule has 6 rings (SSSR count). The number of nitrogens with zero attached hydrogens (tertiary/aromatic N) is 1. The lowest BCUT2D eigenvalue weighted by Gasteiger charge is -2.11. The van der Waals surface area contributed by atoms with Gasteiger partial charge in [0, 0.05) is 28.4 Å². The van der Waals surface area contributed by atoms with Crippen LogP contribution in [0.15, 0.2) is 114 Å². The zero-order chi connectivity index (χ0) is 24.5. The number of fused-ring (bicyclic) bond motifs is 3. The second-order valence-electron chi connectivity index (χ2n) is 8.78. The Bertz CT molecular complexity index is 1670. The number of nitrogens with two attached hydrogens (primary N) is 1. The largest absolute Gasteiger partial charge is 0.489 e. The minimum absolute atomic E-state index is 0.435. The highest BCUT2D eigenvalue weighted by molar-refractivity contribution is 6.18. The summed E-state index contributed by atoms with van der Waals surface area (Å²) in [6.07, 6.45) is 1.67. The molecule has 2 heterocycles. The zero-order valence-electron chi connectivity index (χ0n) is 19.6. The van der Waals surface area contributed by atoms with Crippen molar-refractivity contribution < 1.29 is 13.9 Å². The summed E-state index contributed by atoms with van der Waals surface area (Å²) in [5, 5.41) is 1.85. The Balaban J connectivity index is 1.39. The maximum atomic E-state index is 12.3. The summed E-state index contributed by atoms with van der Waals surface area (Å²) in [5.74, 6) is 1.18. The van der Waals surface area contributed by atoms with Gasteiger partial charge in [0.1, 0.15) is 18.1 Å². The number of carbonyl (C=O) groups is 1. The molecule has 0 bridgehead atoms. The number of hydrogen-bond acceptors (Lipinski definition) is 3. The summed E-state index contributed by atoms with van der Waals surface area (Å²) in [5.41, 5.74) is 11.5. The number of primary amides is 1. The van der Waals surface area contributed by atoms with Crippen LogP contribution < -0.4 is 10.5 Å². The van der Waals surface area contributed by atoms with Gasteiger partial charge < -0.3 is 19.5 Å². The molecule has 0 fully saturated rings. The molecule has 0 saturated heterocycles. The molecule has 1 amide bonds. The Morgan fingerprint density at radius 3 is 2.39 bits per heavy atom. The fourth-order valence-electron chi connectivity index (χ4n) is 4.73. The fraction of sp³-hybridized carbons (Fsp3) is 0.0645. The average Bonchev–Trinajstić information content (AvgIpc) is 3.56. The lowest BCUT2D eigenvalue weighted by molar-refractivity contribution is 0.100. The molecule has 0 radical (unpaired) electrons. The van der Waals surface area contributed by atoms with E-state index >= 15 is 0 Å². The molecule has 5 nitrogen and oxygen atoms in total. The first-order valence-electron chi connectivity index (χ1n) is 11.8. The van der Waals surface area contributed by atoms with Crippen molar-refractivity contribution in [3.63, 3.8) is 0 Å². The molecule has 0 saturated carbocycles. The highest BCUT2D eigenvalue weighted by Crippen LogP contribution is 2.35. The van der Waals surface area contributed by atoms with Crippen LogP contribution in [0, 0.1) is 0 Å². The molecule has 2 N–H and O–H groups in total. The van der Waals surface area contributed by atoms with Crippen molar-refractivity contribution in [2.24, 2.45) is 5.73 Å². The van der Waals surface area contributed by atoms with E-state index in [4.69, 9.17) is 14.9 Å². The Morgan fingerprint density at radius 2 is 1.64 bits per heavy atom. The number of ether oxygens (including phenoxy) is 1. The monoisotopic (exact) mass is 472 g/mol. The lowest BCUT2D eigenvalue weighted by atomic mass is 10.0. The molecule has 5 heteroatoms. The quantitative estimate of drug-likeness (QED) is 0.278. The zero-order valence-corrected chi connectivity index (χ0v) is 19.6. The maximum Gasteiger partial charge on any atom is 0.249 e. The summed E-state index contributed by atoms with van der Waals surface area (Å²) >= 11 is 0. The van der Waals surface area contributed by atoms with E-state index in [-0.39, 0.29) is 0 Å². The normalized spacial score (nSPS) is 11.2. The van der Waals surface area contributed by atoms with Gasteiger partial charge in [-0.15, -0.1) is 0 Å². The number of aromatic nitrogens is 1. The van der Waals surface area contributed by atoms with Crippen LogP contribution in [0.1, 0.15) is 21.5 Å². The van der Waals surface area contributed by atoms with Crippen LogP contribution in [0.25, 0.3) is 33.1 Å². The molecule has 0 aliphatic rings. The predicted molar refractivity (Wildman–Crippen MR) is 142 cm³/mol. The smallest absolute Gasteiger partial charge is 0.249 e. The SMILES string of the molecule is NC(=O)c1cccc2c1c1ccc(-c3ccco3)cc1n2Cc1ccc(OCc2ccccc2)cc1. The van der Waals surface area contributed by atoms with Gasteiger partial charge in [0.25, 0.3) is 0 Å². The first kappa shape index (κ1) is 21.7. The number of amides is 1. The molecular formula is C31H24N2O3. The van der Waals surface area contributed by atoms with Gasteiger partial charge >= 0.3 is 0 Å². The van der Waals surface area contributed by atoms with Gasteiger partial charge in [0.15, 0.2) is 0 Å². The number of carbonyl (C=O) groups excluding carboxylic acids is 1. The van der Waals surface area contributed by atoms with Gasteiger partial charge in [-0.3, -0.25) is 4.79 Å². The summed E-state index contributed by atoms with van der Waals surface area (Å²) in [4.78, 5) is 12.3. The second-order valence-corrected chi connectivity index (χ2v) is 8.78. The minimum atomic E-state index is -0.435. The van der Waals surface area contributed by atoms with Gasteiger partial charge in [0.2, 0.25) is 5.91 Å².